The fraction of sp³-hybridized carbons (Fsp3) is 0.737. The van der Waals surface area contributed by atoms with E-state index in [1.165, 1.54) is 70.3 Å². The van der Waals surface area contributed by atoms with Gasteiger partial charge in [-0.25, -0.2) is 4.79 Å². The summed E-state index contributed by atoms with van der Waals surface area (Å²) in [4.78, 5) is 10.8. The maximum atomic E-state index is 10.8. The van der Waals surface area contributed by atoms with Crippen molar-refractivity contribution in [3.8, 4) is 0 Å². The second-order valence-corrected chi connectivity index (χ2v) is 5.60. The van der Waals surface area contributed by atoms with E-state index < -0.39 is 0 Å². The summed E-state index contributed by atoms with van der Waals surface area (Å²) in [6.45, 7) is 6.12. The number of ether oxygens (including phenoxy) is 1. The zero-order chi connectivity index (χ0) is 15.6. The van der Waals surface area contributed by atoms with Crippen LogP contribution in [0.5, 0.6) is 0 Å². The Balaban J connectivity index is 3.11. The maximum absolute atomic E-state index is 10.8. The molecular formula is C19H34O2. The van der Waals surface area contributed by atoms with Crippen molar-refractivity contribution in [3.05, 3.63) is 24.8 Å². The van der Waals surface area contributed by atoms with Crippen LogP contribution in [-0.4, -0.2) is 12.6 Å². The summed E-state index contributed by atoms with van der Waals surface area (Å²) >= 11 is 0. The van der Waals surface area contributed by atoms with E-state index in [9.17, 15) is 4.79 Å². The van der Waals surface area contributed by atoms with Gasteiger partial charge in [-0.1, -0.05) is 77.0 Å². The predicted molar refractivity (Wildman–Crippen MR) is 91.4 cm³/mol. The highest BCUT2D eigenvalue weighted by atomic mass is 16.5. The summed E-state index contributed by atoms with van der Waals surface area (Å²) in [5.74, 6) is -0.325. The minimum atomic E-state index is -0.325. The molecule has 0 unspecified atom stereocenters. The molecule has 122 valence electrons. The van der Waals surface area contributed by atoms with Crippen LogP contribution in [-0.2, 0) is 9.53 Å². The van der Waals surface area contributed by atoms with Gasteiger partial charge in [0.05, 0.1) is 6.61 Å². The molecule has 0 fully saturated rings. The van der Waals surface area contributed by atoms with Gasteiger partial charge in [0.25, 0.3) is 0 Å². The molecule has 0 heterocycles. The Hall–Kier alpha value is -1.05. The van der Waals surface area contributed by atoms with Gasteiger partial charge in [0, 0.05) is 6.08 Å². The minimum absolute atomic E-state index is 0.325. The molecule has 0 spiro atoms. The monoisotopic (exact) mass is 294 g/mol. The molecule has 0 aliphatic heterocycles. The first-order chi connectivity index (χ1) is 10.3. The van der Waals surface area contributed by atoms with Crippen molar-refractivity contribution in [3.63, 3.8) is 0 Å². The van der Waals surface area contributed by atoms with Crippen LogP contribution in [0.15, 0.2) is 24.8 Å². The Labute approximate surface area is 131 Å². The summed E-state index contributed by atoms with van der Waals surface area (Å²) in [5.41, 5.74) is 0. The molecule has 0 amide bonds. The largest absolute Gasteiger partial charge is 0.463 e. The average molecular weight is 294 g/mol. The quantitative estimate of drug-likeness (QED) is 0.161. The van der Waals surface area contributed by atoms with Crippen LogP contribution in [0.3, 0.4) is 0 Å². The van der Waals surface area contributed by atoms with Gasteiger partial charge in [0.1, 0.15) is 0 Å². The zero-order valence-electron chi connectivity index (χ0n) is 13.9. The molecule has 0 saturated carbocycles. The molecule has 0 saturated heterocycles. The first-order valence-corrected chi connectivity index (χ1v) is 8.75. The smallest absolute Gasteiger partial charge is 0.330 e. The van der Waals surface area contributed by atoms with Gasteiger partial charge in [0.15, 0.2) is 0 Å². The number of carbonyl (C=O) groups excluding carboxylic acids is 1. The van der Waals surface area contributed by atoms with Gasteiger partial charge >= 0.3 is 5.97 Å². The van der Waals surface area contributed by atoms with E-state index in [-0.39, 0.29) is 5.97 Å². The Morgan fingerprint density at radius 3 is 1.95 bits per heavy atom. The van der Waals surface area contributed by atoms with E-state index in [2.05, 4.69) is 25.7 Å². The Morgan fingerprint density at radius 2 is 1.38 bits per heavy atom. The molecular weight excluding hydrogens is 260 g/mol. The normalized spacial score (nSPS) is 10.9. The summed E-state index contributed by atoms with van der Waals surface area (Å²) in [7, 11) is 0. The van der Waals surface area contributed by atoms with Crippen LogP contribution in [0, 0.1) is 0 Å². The van der Waals surface area contributed by atoms with Crippen LogP contribution in [0.4, 0.5) is 0 Å². The molecule has 0 rings (SSSR count). The molecule has 0 bridgehead atoms. The van der Waals surface area contributed by atoms with Crippen LogP contribution >= 0.6 is 0 Å². The number of rotatable bonds is 15. The van der Waals surface area contributed by atoms with Crippen molar-refractivity contribution in [2.45, 2.75) is 84.0 Å². The third-order valence-corrected chi connectivity index (χ3v) is 3.57. The molecule has 2 heteroatoms. The van der Waals surface area contributed by atoms with Gasteiger partial charge in [-0.15, -0.1) is 0 Å². The average Bonchev–Trinajstić information content (AvgIpc) is 2.50. The van der Waals surface area contributed by atoms with Crippen molar-refractivity contribution in [1.29, 1.82) is 0 Å². The Bertz CT molecular complexity index is 269. The molecule has 0 N–H and O–H groups in total. The molecule has 0 aromatic carbocycles. The standard InChI is InChI=1S/C19H34O2/c1-3-5-6-7-8-9-10-11-12-13-14-15-16-17-18-21-19(20)4-2/h4,14-15H,2-3,5-13,16-18H2,1H3/b15-14+. The molecule has 0 aliphatic rings. The first-order valence-electron chi connectivity index (χ1n) is 8.75. The summed E-state index contributed by atoms with van der Waals surface area (Å²) < 4.78 is 4.91. The van der Waals surface area contributed by atoms with Gasteiger partial charge < -0.3 is 4.74 Å². The van der Waals surface area contributed by atoms with Gasteiger partial charge in [-0.2, -0.15) is 0 Å². The van der Waals surface area contributed by atoms with Gasteiger partial charge in [-0.05, 0) is 25.7 Å². The second kappa shape index (κ2) is 17.0. The molecule has 0 atom stereocenters. The third-order valence-electron chi connectivity index (χ3n) is 3.57. The third kappa shape index (κ3) is 16.9. The van der Waals surface area contributed by atoms with E-state index in [0.29, 0.717) is 6.61 Å². The summed E-state index contributed by atoms with van der Waals surface area (Å²) in [6.07, 6.45) is 21.2. The topological polar surface area (TPSA) is 26.3 Å². The first kappa shape index (κ1) is 19.9. The van der Waals surface area contributed by atoms with E-state index in [1.807, 2.05) is 0 Å². The lowest BCUT2D eigenvalue weighted by atomic mass is 10.1. The number of unbranched alkanes of at least 4 members (excludes halogenated alkanes) is 10. The molecule has 0 aromatic heterocycles. The lowest BCUT2D eigenvalue weighted by Gasteiger charge is -2.01. The van der Waals surface area contributed by atoms with Crippen molar-refractivity contribution in [2.75, 3.05) is 6.61 Å². The van der Waals surface area contributed by atoms with E-state index >= 15 is 0 Å². The SMILES string of the molecule is C=CC(=O)OCCC/C=C/CCCCCCCCCCC. The van der Waals surface area contributed by atoms with E-state index in [0.717, 1.165) is 12.8 Å². The maximum Gasteiger partial charge on any atom is 0.330 e. The van der Waals surface area contributed by atoms with Gasteiger partial charge in [-0.3, -0.25) is 0 Å². The summed E-state index contributed by atoms with van der Waals surface area (Å²) in [5, 5.41) is 0. The lowest BCUT2D eigenvalue weighted by molar-refractivity contribution is -0.137. The number of carbonyl (C=O) groups is 1. The highest BCUT2D eigenvalue weighted by Gasteiger charge is 1.93. The van der Waals surface area contributed by atoms with E-state index in [4.69, 9.17) is 4.74 Å². The van der Waals surface area contributed by atoms with Crippen molar-refractivity contribution in [1.82, 2.24) is 0 Å². The van der Waals surface area contributed by atoms with Crippen LogP contribution in [0.25, 0.3) is 0 Å². The Kier molecular flexibility index (Phi) is 16.2. The fourth-order valence-electron chi connectivity index (χ4n) is 2.24. The Morgan fingerprint density at radius 1 is 0.857 bits per heavy atom. The van der Waals surface area contributed by atoms with Crippen LogP contribution in [0.2, 0.25) is 0 Å². The molecule has 0 aromatic rings. The van der Waals surface area contributed by atoms with Crippen molar-refractivity contribution in [2.24, 2.45) is 0 Å². The lowest BCUT2D eigenvalue weighted by Crippen LogP contribution is -2.00. The number of hydrogen-bond donors (Lipinski definition) is 0. The number of hydrogen-bond acceptors (Lipinski definition) is 2. The molecule has 0 radical (unpaired) electrons. The van der Waals surface area contributed by atoms with Crippen LogP contribution < -0.4 is 0 Å². The highest BCUT2D eigenvalue weighted by Crippen LogP contribution is 2.10. The molecule has 0 aliphatic carbocycles. The zero-order valence-corrected chi connectivity index (χ0v) is 13.9. The second-order valence-electron chi connectivity index (χ2n) is 5.60. The fourth-order valence-corrected chi connectivity index (χ4v) is 2.24. The summed E-state index contributed by atoms with van der Waals surface area (Å²) in [6, 6.07) is 0. The van der Waals surface area contributed by atoms with Crippen molar-refractivity contribution >= 4 is 5.97 Å². The van der Waals surface area contributed by atoms with Crippen molar-refractivity contribution < 1.29 is 9.53 Å². The predicted octanol–water partition coefficient (Wildman–Crippen LogP) is 5.97. The minimum Gasteiger partial charge on any atom is -0.463 e. The van der Waals surface area contributed by atoms with Crippen LogP contribution in [0.1, 0.15) is 84.0 Å². The number of esters is 1. The van der Waals surface area contributed by atoms with Gasteiger partial charge in [0.2, 0.25) is 0 Å². The number of allylic oxidation sites excluding steroid dienone is 2. The molecule has 21 heavy (non-hydrogen) atoms. The van der Waals surface area contributed by atoms with E-state index in [1.54, 1.807) is 0 Å². The highest BCUT2D eigenvalue weighted by molar-refractivity contribution is 5.81. The molecule has 2 nitrogen and oxygen atoms in total.